The maximum absolute atomic E-state index is 12.9. The Labute approximate surface area is 229 Å². The third-order valence-electron chi connectivity index (χ3n) is 6.31. The first-order chi connectivity index (χ1) is 16.5. The van der Waals surface area contributed by atoms with Crippen LogP contribution in [0.3, 0.4) is 0 Å². The number of benzene rings is 1. The van der Waals surface area contributed by atoms with Gasteiger partial charge in [-0.2, -0.15) is 4.98 Å². The first kappa shape index (κ1) is 26.8. The first-order valence-electron chi connectivity index (χ1n) is 11.5. The molecule has 0 saturated carbocycles. The Morgan fingerprint density at radius 1 is 1.11 bits per heavy atom. The van der Waals surface area contributed by atoms with E-state index in [9.17, 15) is 4.55 Å². The van der Waals surface area contributed by atoms with Gasteiger partial charge in [0, 0.05) is 29.4 Å². The van der Waals surface area contributed by atoms with Crippen molar-refractivity contribution in [3.63, 3.8) is 0 Å². The number of hydrogen-bond acceptors (Lipinski definition) is 8. The Morgan fingerprint density at radius 3 is 2.57 bits per heavy atom. The van der Waals surface area contributed by atoms with Crippen molar-refractivity contribution in [3.8, 4) is 5.75 Å². The standard InChI is InChI=1S/C24H29N3O6S.Na.H/c1-3-23(32-15-24(16-33-23)30-12-13-31-24)9-11-29-21-8-10-25-20(17(21)2)14-34(28)22-26-18-6-4-5-7-19(18)27-22;;/h4-8,10H,3,9,11-16H2,1-2H3,(H,26,27);;. The van der Waals surface area contributed by atoms with E-state index in [0.717, 1.165) is 16.6 Å². The second-order valence-corrected chi connectivity index (χ2v) is 9.84. The minimum absolute atomic E-state index is 0. The summed E-state index contributed by atoms with van der Waals surface area (Å²) in [4.78, 5) is 12.0. The van der Waals surface area contributed by atoms with Gasteiger partial charge in [-0.15, -0.1) is 0 Å². The van der Waals surface area contributed by atoms with Gasteiger partial charge in [0.05, 0.1) is 36.5 Å². The number of hydrogen-bond donors (Lipinski definition) is 1. The first-order valence-corrected chi connectivity index (χ1v) is 12.8. The average molecular weight is 512 g/mol. The van der Waals surface area contributed by atoms with Crippen LogP contribution in [0.15, 0.2) is 41.7 Å². The van der Waals surface area contributed by atoms with Crippen LogP contribution in [0.2, 0.25) is 0 Å². The van der Waals surface area contributed by atoms with Gasteiger partial charge in [0.15, 0.2) is 11.5 Å². The molecule has 9 nitrogen and oxygen atoms in total. The molecule has 4 heterocycles. The number of H-pyrrole nitrogens is 1. The molecular weight excluding hydrogens is 481 g/mol. The van der Waals surface area contributed by atoms with Gasteiger partial charge in [-0.3, -0.25) is 9.97 Å². The van der Waals surface area contributed by atoms with Crippen molar-refractivity contribution in [2.75, 3.05) is 33.0 Å². The fraction of sp³-hybridized carbons (Fsp3) is 0.500. The molecule has 5 rings (SSSR count). The third-order valence-corrected chi connectivity index (χ3v) is 7.47. The van der Waals surface area contributed by atoms with E-state index < -0.39 is 22.8 Å². The maximum atomic E-state index is 12.9. The van der Waals surface area contributed by atoms with Crippen molar-refractivity contribution in [2.45, 2.75) is 49.2 Å². The molecule has 1 spiro atoms. The van der Waals surface area contributed by atoms with Crippen molar-refractivity contribution in [1.29, 1.82) is 0 Å². The Balaban J connectivity index is 0.00000289. The average Bonchev–Trinajstić information content (AvgIpc) is 3.50. The Bertz CT molecular complexity index is 1100. The van der Waals surface area contributed by atoms with Crippen LogP contribution in [0.5, 0.6) is 5.75 Å². The predicted molar refractivity (Wildman–Crippen MR) is 132 cm³/mol. The third kappa shape index (κ3) is 5.87. The zero-order chi connectivity index (χ0) is 23.6. The number of rotatable bonds is 8. The molecule has 2 aromatic heterocycles. The molecule has 11 heteroatoms. The second kappa shape index (κ2) is 11.5. The number of ether oxygens (including phenoxy) is 5. The van der Waals surface area contributed by atoms with Gasteiger partial charge in [0.2, 0.25) is 5.79 Å². The van der Waals surface area contributed by atoms with Crippen molar-refractivity contribution in [1.82, 2.24) is 15.0 Å². The van der Waals surface area contributed by atoms with Crippen LogP contribution in [0.4, 0.5) is 0 Å². The summed E-state index contributed by atoms with van der Waals surface area (Å²) in [5.41, 5.74) is 3.22. The van der Waals surface area contributed by atoms with Gasteiger partial charge in [-0.05, 0) is 31.5 Å². The van der Waals surface area contributed by atoms with Gasteiger partial charge in [-0.1, -0.05) is 19.1 Å². The summed E-state index contributed by atoms with van der Waals surface area (Å²) < 4.78 is 42.4. The summed E-state index contributed by atoms with van der Waals surface area (Å²) >= 11 is -1.36. The number of aromatic nitrogens is 3. The number of nitrogens with zero attached hydrogens (tertiary/aromatic N) is 2. The molecule has 1 atom stereocenters. The van der Waals surface area contributed by atoms with Crippen LogP contribution < -0.4 is 4.74 Å². The minimum atomic E-state index is -1.36. The van der Waals surface area contributed by atoms with E-state index in [1.807, 2.05) is 44.2 Å². The van der Waals surface area contributed by atoms with Crippen molar-refractivity contribution >= 4 is 51.8 Å². The molecule has 1 unspecified atom stereocenters. The molecule has 0 aliphatic carbocycles. The molecular formula is C24H30N3NaO6S. The Kier molecular flexibility index (Phi) is 8.78. The van der Waals surface area contributed by atoms with Crippen LogP contribution in [-0.2, 0) is 35.9 Å². The van der Waals surface area contributed by atoms with Crippen LogP contribution in [0.1, 0.15) is 31.0 Å². The number of pyridine rings is 1. The van der Waals surface area contributed by atoms with Gasteiger partial charge >= 0.3 is 34.7 Å². The van der Waals surface area contributed by atoms with Crippen molar-refractivity contribution < 1.29 is 28.2 Å². The number of nitrogens with one attached hydrogen (secondary N) is 1. The fourth-order valence-corrected chi connectivity index (χ4v) is 5.26. The van der Waals surface area contributed by atoms with Gasteiger partial charge in [0.25, 0.3) is 0 Å². The van der Waals surface area contributed by atoms with Gasteiger partial charge in [0.1, 0.15) is 19.0 Å². The number of para-hydroxylation sites is 2. The van der Waals surface area contributed by atoms with Crippen LogP contribution >= 0.6 is 0 Å². The molecule has 2 fully saturated rings. The molecule has 184 valence electrons. The van der Waals surface area contributed by atoms with E-state index in [0.29, 0.717) is 62.5 Å². The molecule has 0 bridgehead atoms. The summed E-state index contributed by atoms with van der Waals surface area (Å²) in [6.45, 7) is 6.14. The molecule has 1 N–H and O–H groups in total. The van der Waals surface area contributed by atoms with Gasteiger partial charge < -0.3 is 28.2 Å². The summed E-state index contributed by atoms with van der Waals surface area (Å²) in [6.07, 6.45) is 2.92. The van der Waals surface area contributed by atoms with Crippen LogP contribution in [0, 0.1) is 6.92 Å². The number of fused-ring (bicyclic) bond motifs is 1. The summed E-state index contributed by atoms with van der Waals surface area (Å²) in [7, 11) is 0. The monoisotopic (exact) mass is 511 g/mol. The number of aromatic amines is 1. The van der Waals surface area contributed by atoms with E-state index in [1.165, 1.54) is 0 Å². The van der Waals surface area contributed by atoms with E-state index in [4.69, 9.17) is 23.7 Å². The summed E-state index contributed by atoms with van der Waals surface area (Å²) in [6, 6.07) is 9.45. The fourth-order valence-electron chi connectivity index (χ4n) is 4.16. The van der Waals surface area contributed by atoms with Crippen molar-refractivity contribution in [2.24, 2.45) is 0 Å². The molecule has 1 aromatic carbocycles. The van der Waals surface area contributed by atoms with E-state index in [1.54, 1.807) is 6.20 Å². The molecule has 0 amide bonds. The predicted octanol–water partition coefficient (Wildman–Crippen LogP) is 2.59. The van der Waals surface area contributed by atoms with E-state index in [-0.39, 0.29) is 35.3 Å². The molecule has 35 heavy (non-hydrogen) atoms. The van der Waals surface area contributed by atoms with E-state index >= 15 is 0 Å². The van der Waals surface area contributed by atoms with Crippen LogP contribution in [0.25, 0.3) is 11.0 Å². The zero-order valence-electron chi connectivity index (χ0n) is 19.4. The molecule has 3 aromatic rings. The van der Waals surface area contributed by atoms with E-state index in [2.05, 4.69) is 15.0 Å². The second-order valence-electron chi connectivity index (χ2n) is 8.48. The molecule has 2 aliphatic rings. The zero-order valence-corrected chi connectivity index (χ0v) is 20.2. The molecule has 2 aliphatic heterocycles. The number of imidazole rings is 1. The summed E-state index contributed by atoms with van der Waals surface area (Å²) in [5, 5.41) is 0.443. The normalized spacial score (nSPS) is 19.5. The molecule has 2 saturated heterocycles. The topological polar surface area (TPSA) is 111 Å². The van der Waals surface area contributed by atoms with Crippen LogP contribution in [-0.4, -0.2) is 93.7 Å². The SMILES string of the molecule is CCC1(CCOc2ccnc(C[S+]([O-])c3nc4ccccc4[nH]3)c2C)OCC2(CO1)OCCO2.[NaH]. The summed E-state index contributed by atoms with van der Waals surface area (Å²) in [5.74, 6) is -0.554. The van der Waals surface area contributed by atoms with Crippen molar-refractivity contribution in [3.05, 3.63) is 47.8 Å². The Hall–Kier alpha value is -1.21. The van der Waals surface area contributed by atoms with Gasteiger partial charge in [-0.25, -0.2) is 0 Å². The quantitative estimate of drug-likeness (QED) is 0.363. The Morgan fingerprint density at radius 2 is 1.86 bits per heavy atom. The molecule has 0 radical (unpaired) electrons.